The molecule has 0 bridgehead atoms. The van der Waals surface area contributed by atoms with E-state index in [1.165, 1.54) is 11.4 Å². The van der Waals surface area contributed by atoms with Crippen LogP contribution in [-0.2, 0) is 15.0 Å². The molecule has 1 fully saturated rings. The molecule has 1 saturated carbocycles. The standard InChI is InChI=1S/C13H18N2O4S/c1-15(9-10-7-8-10)20(18,19)14-12(13(16)17)11-5-3-2-4-6-11/h2-6,10,12,14H,7-9H2,1H3,(H,16,17)/t12-/m1/s1. The summed E-state index contributed by atoms with van der Waals surface area (Å²) in [7, 11) is -2.34. The summed E-state index contributed by atoms with van der Waals surface area (Å²) in [5.41, 5.74) is 0.406. The molecule has 0 saturated heterocycles. The van der Waals surface area contributed by atoms with Gasteiger partial charge in [0.1, 0.15) is 6.04 Å². The molecule has 1 aromatic rings. The molecule has 1 aromatic carbocycles. The van der Waals surface area contributed by atoms with E-state index in [1.54, 1.807) is 30.3 Å². The van der Waals surface area contributed by atoms with Crippen LogP contribution < -0.4 is 4.72 Å². The van der Waals surface area contributed by atoms with E-state index in [0.717, 1.165) is 12.8 Å². The second-order valence-electron chi connectivity index (χ2n) is 5.03. The Labute approximate surface area is 118 Å². The highest BCUT2D eigenvalue weighted by atomic mass is 32.2. The summed E-state index contributed by atoms with van der Waals surface area (Å²) < 4.78 is 27.7. The lowest BCUT2D eigenvalue weighted by atomic mass is 10.1. The van der Waals surface area contributed by atoms with Crippen molar-refractivity contribution in [1.82, 2.24) is 9.03 Å². The Balaban J connectivity index is 2.13. The van der Waals surface area contributed by atoms with Crippen molar-refractivity contribution in [3.63, 3.8) is 0 Å². The second-order valence-corrected chi connectivity index (χ2v) is 6.84. The topological polar surface area (TPSA) is 86.7 Å². The van der Waals surface area contributed by atoms with Crippen molar-refractivity contribution in [3.05, 3.63) is 35.9 Å². The Morgan fingerprint density at radius 3 is 2.50 bits per heavy atom. The van der Waals surface area contributed by atoms with Crippen LogP contribution in [0.2, 0.25) is 0 Å². The number of nitrogens with one attached hydrogen (secondary N) is 1. The van der Waals surface area contributed by atoms with E-state index >= 15 is 0 Å². The third-order valence-electron chi connectivity index (χ3n) is 3.27. The number of hydrogen-bond donors (Lipinski definition) is 2. The molecule has 0 amide bonds. The van der Waals surface area contributed by atoms with Crippen LogP contribution in [0.25, 0.3) is 0 Å². The third-order valence-corrected chi connectivity index (χ3v) is 4.77. The van der Waals surface area contributed by atoms with Crippen LogP contribution in [0.4, 0.5) is 0 Å². The number of nitrogens with zero attached hydrogens (tertiary/aromatic N) is 1. The maximum atomic E-state index is 12.1. The quantitative estimate of drug-likeness (QED) is 0.786. The van der Waals surface area contributed by atoms with Crippen molar-refractivity contribution in [3.8, 4) is 0 Å². The van der Waals surface area contributed by atoms with Gasteiger partial charge in [-0.1, -0.05) is 30.3 Å². The van der Waals surface area contributed by atoms with Crippen molar-refractivity contribution in [2.75, 3.05) is 13.6 Å². The SMILES string of the molecule is CN(CC1CC1)S(=O)(=O)N[C@@H](C(=O)O)c1ccccc1. The van der Waals surface area contributed by atoms with Crippen molar-refractivity contribution < 1.29 is 18.3 Å². The fourth-order valence-electron chi connectivity index (χ4n) is 1.91. The molecule has 1 atom stereocenters. The van der Waals surface area contributed by atoms with Crippen LogP contribution in [-0.4, -0.2) is 37.4 Å². The zero-order chi connectivity index (χ0) is 14.8. The zero-order valence-corrected chi connectivity index (χ0v) is 12.0. The van der Waals surface area contributed by atoms with Gasteiger partial charge in [-0.2, -0.15) is 17.4 Å². The molecule has 1 aliphatic carbocycles. The van der Waals surface area contributed by atoms with E-state index in [4.69, 9.17) is 0 Å². The highest BCUT2D eigenvalue weighted by Crippen LogP contribution is 2.30. The number of carboxylic acids is 1. The third kappa shape index (κ3) is 3.78. The minimum absolute atomic E-state index is 0.400. The number of carboxylic acid groups (broad SMARTS) is 1. The number of carbonyl (C=O) groups is 1. The number of aliphatic carboxylic acids is 1. The lowest BCUT2D eigenvalue weighted by molar-refractivity contribution is -0.139. The maximum Gasteiger partial charge on any atom is 0.326 e. The van der Waals surface area contributed by atoms with Crippen LogP contribution in [0, 0.1) is 5.92 Å². The fourth-order valence-corrected chi connectivity index (χ4v) is 3.03. The summed E-state index contributed by atoms with van der Waals surface area (Å²) in [6, 6.07) is 6.99. The van der Waals surface area contributed by atoms with E-state index in [1.807, 2.05) is 0 Å². The number of rotatable bonds is 7. The van der Waals surface area contributed by atoms with Crippen molar-refractivity contribution in [2.45, 2.75) is 18.9 Å². The molecular formula is C13H18N2O4S. The van der Waals surface area contributed by atoms with Gasteiger partial charge in [0.15, 0.2) is 0 Å². The van der Waals surface area contributed by atoms with E-state index in [-0.39, 0.29) is 0 Å². The largest absolute Gasteiger partial charge is 0.480 e. The minimum atomic E-state index is -3.81. The van der Waals surface area contributed by atoms with Crippen molar-refractivity contribution >= 4 is 16.2 Å². The first-order valence-corrected chi connectivity index (χ1v) is 7.85. The Morgan fingerprint density at radius 1 is 1.40 bits per heavy atom. The van der Waals surface area contributed by atoms with Crippen LogP contribution >= 0.6 is 0 Å². The molecule has 110 valence electrons. The minimum Gasteiger partial charge on any atom is -0.480 e. The van der Waals surface area contributed by atoms with Gasteiger partial charge in [-0.15, -0.1) is 0 Å². The van der Waals surface area contributed by atoms with Crippen LogP contribution in [0.3, 0.4) is 0 Å². The van der Waals surface area contributed by atoms with Gasteiger partial charge in [-0.25, -0.2) is 0 Å². The molecule has 0 heterocycles. The molecule has 0 radical (unpaired) electrons. The van der Waals surface area contributed by atoms with Crippen LogP contribution in [0.15, 0.2) is 30.3 Å². The summed E-state index contributed by atoms with van der Waals surface area (Å²) in [5.74, 6) is -0.823. The lowest BCUT2D eigenvalue weighted by Gasteiger charge is -2.21. The van der Waals surface area contributed by atoms with Gasteiger partial charge in [0.25, 0.3) is 10.2 Å². The first-order chi connectivity index (χ1) is 9.40. The molecular weight excluding hydrogens is 280 g/mol. The number of hydrogen-bond acceptors (Lipinski definition) is 3. The van der Waals surface area contributed by atoms with Crippen LogP contribution in [0.1, 0.15) is 24.4 Å². The van der Waals surface area contributed by atoms with E-state index in [2.05, 4.69) is 4.72 Å². The molecule has 0 aliphatic heterocycles. The first kappa shape index (κ1) is 15.0. The van der Waals surface area contributed by atoms with Gasteiger partial charge >= 0.3 is 5.97 Å². The second kappa shape index (κ2) is 5.90. The molecule has 6 nitrogen and oxygen atoms in total. The predicted octanol–water partition coefficient (Wildman–Crippen LogP) is 0.989. The smallest absolute Gasteiger partial charge is 0.326 e. The van der Waals surface area contributed by atoms with Gasteiger partial charge in [0.2, 0.25) is 0 Å². The average molecular weight is 298 g/mol. The Bertz CT molecular complexity index is 569. The Morgan fingerprint density at radius 2 is 2.00 bits per heavy atom. The maximum absolute atomic E-state index is 12.1. The van der Waals surface area contributed by atoms with E-state index < -0.39 is 22.2 Å². The summed E-state index contributed by atoms with van der Waals surface area (Å²) >= 11 is 0. The van der Waals surface area contributed by atoms with Gasteiger partial charge in [-0.05, 0) is 24.3 Å². The fraction of sp³-hybridized carbons (Fsp3) is 0.462. The zero-order valence-electron chi connectivity index (χ0n) is 11.2. The summed E-state index contributed by atoms with van der Waals surface area (Å²) in [5, 5.41) is 9.22. The van der Waals surface area contributed by atoms with E-state index in [0.29, 0.717) is 18.0 Å². The number of benzene rings is 1. The monoisotopic (exact) mass is 298 g/mol. The van der Waals surface area contributed by atoms with Crippen LogP contribution in [0.5, 0.6) is 0 Å². The molecule has 0 unspecified atom stereocenters. The molecule has 7 heteroatoms. The molecule has 0 aromatic heterocycles. The van der Waals surface area contributed by atoms with Gasteiger partial charge in [0, 0.05) is 13.6 Å². The van der Waals surface area contributed by atoms with Crippen molar-refractivity contribution in [2.24, 2.45) is 5.92 Å². The normalized spacial score (nSPS) is 17.1. The summed E-state index contributed by atoms with van der Waals surface area (Å²) in [6.07, 6.45) is 2.06. The predicted molar refractivity (Wildman–Crippen MR) is 74.2 cm³/mol. The summed E-state index contributed by atoms with van der Waals surface area (Å²) in [6.45, 7) is 0.427. The highest BCUT2D eigenvalue weighted by molar-refractivity contribution is 7.87. The molecule has 1 aliphatic rings. The van der Waals surface area contributed by atoms with Gasteiger partial charge in [0.05, 0.1) is 0 Å². The van der Waals surface area contributed by atoms with Crippen molar-refractivity contribution in [1.29, 1.82) is 0 Å². The molecule has 0 spiro atoms. The molecule has 2 N–H and O–H groups in total. The lowest BCUT2D eigenvalue weighted by Crippen LogP contribution is -2.43. The Kier molecular flexibility index (Phi) is 4.42. The highest BCUT2D eigenvalue weighted by Gasteiger charge is 2.31. The van der Waals surface area contributed by atoms with E-state index in [9.17, 15) is 18.3 Å². The van der Waals surface area contributed by atoms with Gasteiger partial charge < -0.3 is 5.11 Å². The average Bonchev–Trinajstić information content (AvgIpc) is 3.20. The molecule has 2 rings (SSSR count). The molecule has 20 heavy (non-hydrogen) atoms. The van der Waals surface area contributed by atoms with Gasteiger partial charge in [-0.3, -0.25) is 4.79 Å². The Hall–Kier alpha value is -1.44. The summed E-state index contributed by atoms with van der Waals surface area (Å²) in [4.78, 5) is 11.3. The first-order valence-electron chi connectivity index (χ1n) is 6.41.